The molecule has 0 saturated carbocycles. The summed E-state index contributed by atoms with van der Waals surface area (Å²) < 4.78 is 25.0. The number of rotatable bonds is 5. The normalized spacial score (nSPS) is 33.9. The van der Waals surface area contributed by atoms with Gasteiger partial charge in [-0.15, -0.1) is 0 Å². The molecular formula is C12H22F2N2. The van der Waals surface area contributed by atoms with Crippen molar-refractivity contribution in [3.05, 3.63) is 0 Å². The van der Waals surface area contributed by atoms with Crippen molar-refractivity contribution < 1.29 is 8.78 Å². The first kappa shape index (κ1) is 12.2. The van der Waals surface area contributed by atoms with Crippen LogP contribution < -0.4 is 5.32 Å². The number of alkyl halides is 2. The Kier molecular flexibility index (Phi) is 4.14. The number of piperidine rings is 1. The number of hydrogen-bond acceptors (Lipinski definition) is 2. The third-order valence-corrected chi connectivity index (χ3v) is 3.85. The van der Waals surface area contributed by atoms with Gasteiger partial charge in [0.2, 0.25) is 0 Å². The van der Waals surface area contributed by atoms with Crippen LogP contribution in [0.15, 0.2) is 0 Å². The largest absolute Gasteiger partial charge is 0.311 e. The zero-order chi connectivity index (χ0) is 11.5. The lowest BCUT2D eigenvalue weighted by Gasteiger charge is -2.37. The highest BCUT2D eigenvalue weighted by molar-refractivity contribution is 4.95. The fourth-order valence-electron chi connectivity index (χ4n) is 3.21. The first-order valence-electron chi connectivity index (χ1n) is 6.47. The predicted molar refractivity (Wildman–Crippen MR) is 60.8 cm³/mol. The van der Waals surface area contributed by atoms with Gasteiger partial charge in [-0.05, 0) is 38.6 Å². The SMILES string of the molecule is CCCN(CC(F)F)C1CC2CCC(C1)N2. The van der Waals surface area contributed by atoms with Crippen molar-refractivity contribution in [3.8, 4) is 0 Å². The molecule has 2 aliphatic heterocycles. The van der Waals surface area contributed by atoms with E-state index in [1.165, 1.54) is 12.8 Å². The van der Waals surface area contributed by atoms with Crippen LogP contribution in [0.3, 0.4) is 0 Å². The minimum atomic E-state index is -2.20. The summed E-state index contributed by atoms with van der Waals surface area (Å²) in [5, 5.41) is 3.56. The van der Waals surface area contributed by atoms with Gasteiger partial charge in [0.25, 0.3) is 6.43 Å². The van der Waals surface area contributed by atoms with Gasteiger partial charge in [-0.2, -0.15) is 0 Å². The van der Waals surface area contributed by atoms with Crippen molar-refractivity contribution >= 4 is 0 Å². The average molecular weight is 232 g/mol. The van der Waals surface area contributed by atoms with Crippen molar-refractivity contribution in [2.45, 2.75) is 63.6 Å². The van der Waals surface area contributed by atoms with E-state index in [-0.39, 0.29) is 6.54 Å². The minimum Gasteiger partial charge on any atom is -0.311 e. The number of halogens is 2. The van der Waals surface area contributed by atoms with E-state index in [1.54, 1.807) is 0 Å². The first-order chi connectivity index (χ1) is 7.69. The fraction of sp³-hybridized carbons (Fsp3) is 1.00. The molecule has 2 atom stereocenters. The molecule has 0 amide bonds. The molecule has 94 valence electrons. The van der Waals surface area contributed by atoms with Crippen LogP contribution in [0.4, 0.5) is 8.78 Å². The summed E-state index contributed by atoms with van der Waals surface area (Å²) in [4.78, 5) is 2.01. The van der Waals surface area contributed by atoms with Crippen LogP contribution in [0.5, 0.6) is 0 Å². The van der Waals surface area contributed by atoms with E-state index >= 15 is 0 Å². The molecule has 2 saturated heterocycles. The third-order valence-electron chi connectivity index (χ3n) is 3.85. The summed E-state index contributed by atoms with van der Waals surface area (Å²) in [5.74, 6) is 0. The van der Waals surface area contributed by atoms with Gasteiger partial charge in [-0.25, -0.2) is 8.78 Å². The van der Waals surface area contributed by atoms with E-state index in [0.29, 0.717) is 18.1 Å². The predicted octanol–water partition coefficient (Wildman–Crippen LogP) is 2.25. The maximum atomic E-state index is 12.5. The molecule has 2 nitrogen and oxygen atoms in total. The van der Waals surface area contributed by atoms with Gasteiger partial charge in [0.05, 0.1) is 6.54 Å². The lowest BCUT2D eigenvalue weighted by atomic mass is 9.98. The quantitative estimate of drug-likeness (QED) is 0.782. The van der Waals surface area contributed by atoms with Crippen molar-refractivity contribution in [1.82, 2.24) is 10.2 Å². The molecule has 16 heavy (non-hydrogen) atoms. The summed E-state index contributed by atoms with van der Waals surface area (Å²) in [7, 11) is 0. The van der Waals surface area contributed by atoms with Crippen molar-refractivity contribution in [2.75, 3.05) is 13.1 Å². The van der Waals surface area contributed by atoms with E-state index in [9.17, 15) is 8.78 Å². The molecule has 2 fully saturated rings. The van der Waals surface area contributed by atoms with Crippen LogP contribution in [-0.2, 0) is 0 Å². The van der Waals surface area contributed by atoms with Crippen LogP contribution in [0.2, 0.25) is 0 Å². The Balaban J connectivity index is 1.91. The smallest absolute Gasteiger partial charge is 0.251 e. The molecule has 0 aromatic rings. The Labute approximate surface area is 96.4 Å². The van der Waals surface area contributed by atoms with E-state index < -0.39 is 6.43 Å². The monoisotopic (exact) mass is 232 g/mol. The highest BCUT2D eigenvalue weighted by Crippen LogP contribution is 2.30. The van der Waals surface area contributed by atoms with E-state index in [0.717, 1.165) is 25.8 Å². The van der Waals surface area contributed by atoms with Crippen LogP contribution in [0.1, 0.15) is 39.0 Å². The van der Waals surface area contributed by atoms with Gasteiger partial charge < -0.3 is 5.32 Å². The number of nitrogens with zero attached hydrogens (tertiary/aromatic N) is 1. The summed E-state index contributed by atoms with van der Waals surface area (Å²) >= 11 is 0. The number of nitrogens with one attached hydrogen (secondary N) is 1. The van der Waals surface area contributed by atoms with Crippen LogP contribution in [-0.4, -0.2) is 42.5 Å². The number of hydrogen-bond donors (Lipinski definition) is 1. The molecule has 0 aromatic heterocycles. The van der Waals surface area contributed by atoms with Gasteiger partial charge >= 0.3 is 0 Å². The van der Waals surface area contributed by atoms with Crippen LogP contribution in [0, 0.1) is 0 Å². The molecule has 1 N–H and O–H groups in total. The Morgan fingerprint density at radius 1 is 1.25 bits per heavy atom. The minimum absolute atomic E-state index is 0.0437. The lowest BCUT2D eigenvalue weighted by molar-refractivity contribution is 0.0502. The maximum absolute atomic E-state index is 12.5. The topological polar surface area (TPSA) is 15.3 Å². The van der Waals surface area contributed by atoms with Crippen molar-refractivity contribution in [3.63, 3.8) is 0 Å². The molecular weight excluding hydrogens is 210 g/mol. The zero-order valence-electron chi connectivity index (χ0n) is 9.96. The molecule has 2 bridgehead atoms. The molecule has 0 aliphatic carbocycles. The zero-order valence-corrected chi connectivity index (χ0v) is 9.96. The molecule has 2 rings (SSSR count). The molecule has 2 unspecified atom stereocenters. The molecule has 0 radical (unpaired) electrons. The Morgan fingerprint density at radius 3 is 2.38 bits per heavy atom. The average Bonchev–Trinajstić information content (AvgIpc) is 2.56. The molecule has 4 heteroatoms. The highest BCUT2D eigenvalue weighted by Gasteiger charge is 2.36. The second kappa shape index (κ2) is 5.41. The van der Waals surface area contributed by atoms with Crippen LogP contribution in [0.25, 0.3) is 0 Å². The van der Waals surface area contributed by atoms with Gasteiger partial charge in [0, 0.05) is 18.1 Å². The van der Waals surface area contributed by atoms with Gasteiger partial charge in [-0.1, -0.05) is 6.92 Å². The Bertz CT molecular complexity index is 211. The van der Waals surface area contributed by atoms with Gasteiger partial charge in [0.15, 0.2) is 0 Å². The molecule has 2 aliphatic rings. The Morgan fingerprint density at radius 2 is 1.88 bits per heavy atom. The summed E-state index contributed by atoms with van der Waals surface area (Å²) in [6.45, 7) is 2.83. The second-order valence-corrected chi connectivity index (χ2v) is 5.15. The first-order valence-corrected chi connectivity index (χ1v) is 6.47. The molecule has 2 heterocycles. The van der Waals surface area contributed by atoms with Gasteiger partial charge in [0.1, 0.15) is 0 Å². The lowest BCUT2D eigenvalue weighted by Crippen LogP contribution is -2.49. The fourth-order valence-corrected chi connectivity index (χ4v) is 3.21. The van der Waals surface area contributed by atoms with Crippen molar-refractivity contribution in [2.24, 2.45) is 0 Å². The van der Waals surface area contributed by atoms with Crippen molar-refractivity contribution in [1.29, 1.82) is 0 Å². The van der Waals surface area contributed by atoms with E-state index in [2.05, 4.69) is 12.2 Å². The summed E-state index contributed by atoms with van der Waals surface area (Å²) in [5.41, 5.74) is 0. The van der Waals surface area contributed by atoms with Crippen LogP contribution >= 0.6 is 0 Å². The number of fused-ring (bicyclic) bond motifs is 2. The molecule has 0 aromatic carbocycles. The van der Waals surface area contributed by atoms with E-state index in [1.807, 2.05) is 4.90 Å². The Hall–Kier alpha value is -0.220. The summed E-state index contributed by atoms with van der Waals surface area (Å²) in [6, 6.07) is 1.55. The third kappa shape index (κ3) is 2.92. The van der Waals surface area contributed by atoms with E-state index in [4.69, 9.17) is 0 Å². The van der Waals surface area contributed by atoms with Gasteiger partial charge in [-0.3, -0.25) is 4.90 Å². The highest BCUT2D eigenvalue weighted by atomic mass is 19.3. The summed E-state index contributed by atoms with van der Waals surface area (Å²) in [6.07, 6.45) is 3.35. The second-order valence-electron chi connectivity index (χ2n) is 5.15. The standard InChI is InChI=1S/C12H22F2N2/c1-2-5-16(8-12(13)14)11-6-9-3-4-10(7-11)15-9/h9-12,15H,2-8H2,1H3. The molecule has 0 spiro atoms. The maximum Gasteiger partial charge on any atom is 0.251 e.